The summed E-state index contributed by atoms with van der Waals surface area (Å²) in [4.78, 5) is 7.44. The van der Waals surface area contributed by atoms with Crippen LogP contribution in [-0.4, -0.2) is 29.2 Å². The molecule has 0 aromatic heterocycles. The minimum absolute atomic E-state index is 0. The van der Waals surface area contributed by atoms with Crippen molar-refractivity contribution in [2.24, 2.45) is 4.99 Å². The predicted molar refractivity (Wildman–Crippen MR) is 100 cm³/mol. The average Bonchev–Trinajstić information content (AvgIpc) is 2.55. The van der Waals surface area contributed by atoms with Crippen LogP contribution in [0, 0.1) is 6.92 Å². The first-order valence-corrected chi connectivity index (χ1v) is 9.31. The lowest BCUT2D eigenvalue weighted by Crippen LogP contribution is -2.43. The van der Waals surface area contributed by atoms with E-state index >= 15 is 0 Å². The van der Waals surface area contributed by atoms with E-state index in [-0.39, 0.29) is 12.4 Å². The third kappa shape index (κ3) is 4.66. The first-order chi connectivity index (χ1) is 10.3. The van der Waals surface area contributed by atoms with Gasteiger partial charge in [-0.2, -0.15) is 0 Å². The fraction of sp³-hybridized carbons (Fsp3) is 0.611. The van der Waals surface area contributed by atoms with Gasteiger partial charge in [0.2, 0.25) is 0 Å². The normalized spacial score (nSPS) is 19.5. The largest absolute Gasteiger partial charge is 0.348 e. The number of rotatable bonds is 3. The number of amidine groups is 1. The summed E-state index contributed by atoms with van der Waals surface area (Å²) in [6.07, 6.45) is 8.18. The van der Waals surface area contributed by atoms with E-state index in [0.29, 0.717) is 0 Å². The Balaban J connectivity index is 0.00000176. The molecule has 0 radical (unpaired) electrons. The summed E-state index contributed by atoms with van der Waals surface area (Å²) in [5, 5.41) is 1.30. The molecule has 3 rings (SSSR count). The Morgan fingerprint density at radius 1 is 1.09 bits per heavy atom. The van der Waals surface area contributed by atoms with Crippen molar-refractivity contribution in [3.8, 4) is 0 Å². The van der Waals surface area contributed by atoms with E-state index in [1.54, 1.807) is 0 Å². The van der Waals surface area contributed by atoms with E-state index in [0.717, 1.165) is 18.3 Å². The molecule has 0 bridgehead atoms. The Morgan fingerprint density at radius 3 is 2.55 bits per heavy atom. The molecule has 0 atom stereocenters. The van der Waals surface area contributed by atoms with Gasteiger partial charge in [0.15, 0.2) is 5.17 Å². The maximum Gasteiger partial charge on any atom is 0.159 e. The Bertz CT molecular complexity index is 480. The Morgan fingerprint density at radius 2 is 1.82 bits per heavy atom. The van der Waals surface area contributed by atoms with Gasteiger partial charge in [0.05, 0.1) is 0 Å². The highest BCUT2D eigenvalue weighted by molar-refractivity contribution is 8.13. The van der Waals surface area contributed by atoms with E-state index in [2.05, 4.69) is 36.1 Å². The van der Waals surface area contributed by atoms with Gasteiger partial charge in [-0.3, -0.25) is 4.99 Å². The molecule has 122 valence electrons. The number of thioether (sulfide) groups is 1. The minimum atomic E-state index is 0. The van der Waals surface area contributed by atoms with E-state index < -0.39 is 0 Å². The van der Waals surface area contributed by atoms with Crippen molar-refractivity contribution in [2.45, 2.75) is 57.2 Å². The average molecular weight is 339 g/mol. The fourth-order valence-corrected chi connectivity index (χ4v) is 4.37. The van der Waals surface area contributed by atoms with Gasteiger partial charge in [-0.05, 0) is 31.7 Å². The van der Waals surface area contributed by atoms with Gasteiger partial charge in [0.1, 0.15) is 0 Å². The maximum atomic E-state index is 4.82. The summed E-state index contributed by atoms with van der Waals surface area (Å²) in [7, 11) is 0. The molecule has 4 heteroatoms. The van der Waals surface area contributed by atoms with Crippen molar-refractivity contribution in [1.82, 2.24) is 4.90 Å². The van der Waals surface area contributed by atoms with Gasteiger partial charge in [-0.25, -0.2) is 0 Å². The standard InChI is InChI=1S/C18H26N2S.ClH/c1-15-8-10-16(11-9-15)14-21-18-19-12-5-13-20(18)17-6-3-2-4-7-17;/h8-11,17H,2-7,12-14H2,1H3;1H. The SMILES string of the molecule is Cc1ccc(CSC2=NCCCN2C2CCCCC2)cc1.Cl. The van der Waals surface area contributed by atoms with Crippen LogP contribution < -0.4 is 0 Å². The molecule has 0 N–H and O–H groups in total. The molecule has 1 saturated carbocycles. The van der Waals surface area contributed by atoms with Crippen molar-refractivity contribution in [3.05, 3.63) is 35.4 Å². The molecule has 1 aromatic rings. The van der Waals surface area contributed by atoms with Gasteiger partial charge in [0.25, 0.3) is 0 Å². The number of halogens is 1. The van der Waals surface area contributed by atoms with Gasteiger partial charge < -0.3 is 4.90 Å². The molecule has 1 fully saturated rings. The lowest BCUT2D eigenvalue weighted by Gasteiger charge is -2.38. The van der Waals surface area contributed by atoms with Gasteiger partial charge in [-0.15, -0.1) is 12.4 Å². The molecule has 0 saturated heterocycles. The van der Waals surface area contributed by atoms with Crippen molar-refractivity contribution < 1.29 is 0 Å². The lowest BCUT2D eigenvalue weighted by atomic mass is 9.94. The van der Waals surface area contributed by atoms with Crippen LogP contribution >= 0.6 is 24.2 Å². The van der Waals surface area contributed by atoms with E-state index in [1.165, 1.54) is 61.4 Å². The van der Waals surface area contributed by atoms with Gasteiger partial charge in [0, 0.05) is 24.9 Å². The Labute approximate surface area is 145 Å². The van der Waals surface area contributed by atoms with Crippen LogP contribution in [-0.2, 0) is 5.75 Å². The summed E-state index contributed by atoms with van der Waals surface area (Å²) < 4.78 is 0. The summed E-state index contributed by atoms with van der Waals surface area (Å²) in [6, 6.07) is 9.66. The van der Waals surface area contributed by atoms with Crippen molar-refractivity contribution in [1.29, 1.82) is 0 Å². The summed E-state index contributed by atoms with van der Waals surface area (Å²) >= 11 is 1.93. The molecule has 0 unspecified atom stereocenters. The number of aliphatic imine (C=N–C) groups is 1. The predicted octanol–water partition coefficient (Wildman–Crippen LogP) is 5.04. The molecule has 2 aliphatic rings. The van der Waals surface area contributed by atoms with Crippen LogP contribution in [0.15, 0.2) is 29.3 Å². The smallest absolute Gasteiger partial charge is 0.159 e. The molecule has 1 aliphatic carbocycles. The lowest BCUT2D eigenvalue weighted by molar-refractivity contribution is 0.239. The van der Waals surface area contributed by atoms with Crippen molar-refractivity contribution >= 4 is 29.3 Å². The van der Waals surface area contributed by atoms with E-state index in [4.69, 9.17) is 4.99 Å². The van der Waals surface area contributed by atoms with Gasteiger partial charge in [-0.1, -0.05) is 60.9 Å². The summed E-state index contributed by atoms with van der Waals surface area (Å²) in [5.74, 6) is 1.04. The van der Waals surface area contributed by atoms with Crippen LogP contribution in [0.4, 0.5) is 0 Å². The van der Waals surface area contributed by atoms with E-state index in [1.807, 2.05) is 11.8 Å². The molecule has 0 amide bonds. The molecule has 1 aromatic carbocycles. The quantitative estimate of drug-likeness (QED) is 0.766. The minimum Gasteiger partial charge on any atom is -0.348 e. The summed E-state index contributed by atoms with van der Waals surface area (Å²) in [5.41, 5.74) is 2.74. The second-order valence-corrected chi connectivity index (χ2v) is 7.22. The number of hydrogen-bond donors (Lipinski definition) is 0. The monoisotopic (exact) mass is 338 g/mol. The van der Waals surface area contributed by atoms with Crippen LogP contribution in [0.2, 0.25) is 0 Å². The van der Waals surface area contributed by atoms with Crippen LogP contribution in [0.5, 0.6) is 0 Å². The zero-order chi connectivity index (χ0) is 14.5. The number of benzene rings is 1. The highest BCUT2D eigenvalue weighted by Crippen LogP contribution is 2.28. The second kappa shape index (κ2) is 8.83. The van der Waals surface area contributed by atoms with Crippen LogP contribution in [0.3, 0.4) is 0 Å². The van der Waals surface area contributed by atoms with Crippen LogP contribution in [0.25, 0.3) is 0 Å². The summed E-state index contributed by atoms with van der Waals surface area (Å²) in [6.45, 7) is 4.37. The first-order valence-electron chi connectivity index (χ1n) is 8.32. The maximum absolute atomic E-state index is 4.82. The number of aryl methyl sites for hydroxylation is 1. The molecule has 0 spiro atoms. The molecule has 1 aliphatic heterocycles. The molecule has 22 heavy (non-hydrogen) atoms. The zero-order valence-corrected chi connectivity index (χ0v) is 15.1. The fourth-order valence-electron chi connectivity index (χ4n) is 3.29. The Kier molecular flexibility index (Phi) is 7.10. The second-order valence-electron chi connectivity index (χ2n) is 6.28. The molecule has 1 heterocycles. The molecule has 2 nitrogen and oxygen atoms in total. The van der Waals surface area contributed by atoms with Crippen molar-refractivity contribution in [2.75, 3.05) is 13.1 Å². The number of nitrogens with zero attached hydrogens (tertiary/aromatic N) is 2. The third-order valence-electron chi connectivity index (χ3n) is 4.55. The molecular weight excluding hydrogens is 312 g/mol. The third-order valence-corrected chi connectivity index (χ3v) is 5.65. The Hall–Kier alpha value is -0.670. The van der Waals surface area contributed by atoms with Crippen molar-refractivity contribution in [3.63, 3.8) is 0 Å². The first kappa shape index (κ1) is 17.7. The topological polar surface area (TPSA) is 15.6 Å². The number of hydrogen-bond acceptors (Lipinski definition) is 3. The van der Waals surface area contributed by atoms with Gasteiger partial charge >= 0.3 is 0 Å². The van der Waals surface area contributed by atoms with E-state index in [9.17, 15) is 0 Å². The highest BCUT2D eigenvalue weighted by atomic mass is 35.5. The zero-order valence-electron chi connectivity index (χ0n) is 13.5. The molecular formula is C18H27ClN2S. The highest BCUT2D eigenvalue weighted by Gasteiger charge is 2.25. The van der Waals surface area contributed by atoms with Crippen LogP contribution in [0.1, 0.15) is 49.7 Å².